The van der Waals surface area contributed by atoms with Crippen molar-refractivity contribution in [2.75, 3.05) is 11.9 Å². The monoisotopic (exact) mass is 262 g/mol. The predicted octanol–water partition coefficient (Wildman–Crippen LogP) is 1.79. The molecule has 4 saturated carbocycles. The zero-order valence-electron chi connectivity index (χ0n) is 11.5. The van der Waals surface area contributed by atoms with E-state index in [1.54, 1.807) is 0 Å². The van der Waals surface area contributed by atoms with Gasteiger partial charge in [-0.2, -0.15) is 0 Å². The van der Waals surface area contributed by atoms with E-state index in [2.05, 4.69) is 22.1 Å². The van der Waals surface area contributed by atoms with Crippen molar-refractivity contribution in [3.63, 3.8) is 0 Å². The first-order valence-corrected chi connectivity index (χ1v) is 7.50. The van der Waals surface area contributed by atoms with Crippen molar-refractivity contribution in [2.45, 2.75) is 44.7 Å². The molecule has 104 valence electrons. The summed E-state index contributed by atoms with van der Waals surface area (Å²) in [6.07, 6.45) is 7.10. The molecule has 0 saturated heterocycles. The maximum Gasteiger partial charge on any atom is 0.318 e. The molecule has 19 heavy (non-hydrogen) atoms. The first-order chi connectivity index (χ1) is 9.24. The van der Waals surface area contributed by atoms with Crippen LogP contribution < -0.4 is 10.6 Å². The van der Waals surface area contributed by atoms with Gasteiger partial charge in [-0.3, -0.25) is 0 Å². The average Bonchev–Trinajstić information content (AvgIpc) is 2.86. The van der Waals surface area contributed by atoms with E-state index in [-0.39, 0.29) is 0 Å². The summed E-state index contributed by atoms with van der Waals surface area (Å²) >= 11 is 0. The molecule has 1 aromatic rings. The summed E-state index contributed by atoms with van der Waals surface area (Å²) in [7, 11) is 2.11. The maximum absolute atomic E-state index is 5.63. The van der Waals surface area contributed by atoms with Crippen LogP contribution in [0.4, 0.5) is 6.01 Å². The molecule has 4 aliphatic rings. The second-order valence-electron chi connectivity index (χ2n) is 6.71. The zero-order chi connectivity index (χ0) is 13.0. The van der Waals surface area contributed by atoms with Crippen molar-refractivity contribution in [1.29, 1.82) is 0 Å². The minimum Gasteiger partial charge on any atom is -0.407 e. The summed E-state index contributed by atoms with van der Waals surface area (Å²) in [4.78, 5) is 2.24. The normalized spacial score (nSPS) is 39.8. The minimum absolute atomic E-state index is 0.322. The van der Waals surface area contributed by atoms with Gasteiger partial charge in [-0.1, -0.05) is 5.10 Å². The Labute approximate surface area is 113 Å². The van der Waals surface area contributed by atoms with Crippen molar-refractivity contribution < 1.29 is 4.42 Å². The Hall–Kier alpha value is -1.10. The van der Waals surface area contributed by atoms with E-state index in [0.717, 1.165) is 23.7 Å². The highest BCUT2D eigenvalue weighted by Crippen LogP contribution is 2.55. The summed E-state index contributed by atoms with van der Waals surface area (Å²) in [6.45, 7) is 0.322. The smallest absolute Gasteiger partial charge is 0.318 e. The van der Waals surface area contributed by atoms with Crippen molar-refractivity contribution >= 4 is 6.01 Å². The molecular formula is C14H22N4O. The fraction of sp³-hybridized carbons (Fsp3) is 0.857. The second kappa shape index (κ2) is 4.20. The van der Waals surface area contributed by atoms with Gasteiger partial charge in [0.05, 0.1) is 6.54 Å². The van der Waals surface area contributed by atoms with E-state index < -0.39 is 0 Å². The molecule has 5 rings (SSSR count). The van der Waals surface area contributed by atoms with Crippen molar-refractivity contribution in [2.24, 2.45) is 29.4 Å². The lowest BCUT2D eigenvalue weighted by Crippen LogP contribution is -2.55. The number of hydrogen-bond donors (Lipinski definition) is 1. The van der Waals surface area contributed by atoms with Gasteiger partial charge in [0, 0.05) is 13.1 Å². The van der Waals surface area contributed by atoms with Crippen LogP contribution in [0.3, 0.4) is 0 Å². The molecule has 4 bridgehead atoms. The standard InChI is InChI=1S/C14H22N4O/c1-18(14-17-16-12(7-15)19-14)13-10-3-8-2-9(5-10)6-11(13)4-8/h8-11,13H,2-7,15H2,1H3. The third-order valence-electron chi connectivity index (χ3n) is 5.56. The first-order valence-electron chi connectivity index (χ1n) is 7.50. The first kappa shape index (κ1) is 11.7. The van der Waals surface area contributed by atoms with E-state index >= 15 is 0 Å². The molecule has 4 aliphatic carbocycles. The van der Waals surface area contributed by atoms with Crippen LogP contribution >= 0.6 is 0 Å². The maximum atomic E-state index is 5.63. The predicted molar refractivity (Wildman–Crippen MR) is 71.4 cm³/mol. The van der Waals surface area contributed by atoms with Gasteiger partial charge in [0.15, 0.2) is 0 Å². The van der Waals surface area contributed by atoms with Crippen LogP contribution in [-0.2, 0) is 6.54 Å². The van der Waals surface area contributed by atoms with Crippen LogP contribution in [0.1, 0.15) is 38.0 Å². The van der Waals surface area contributed by atoms with Crippen molar-refractivity contribution in [1.82, 2.24) is 10.2 Å². The molecule has 2 N–H and O–H groups in total. The number of rotatable bonds is 3. The van der Waals surface area contributed by atoms with Gasteiger partial charge in [-0.15, -0.1) is 5.10 Å². The summed E-state index contributed by atoms with van der Waals surface area (Å²) in [5.74, 6) is 4.18. The topological polar surface area (TPSA) is 68.2 Å². The van der Waals surface area contributed by atoms with Gasteiger partial charge in [0.25, 0.3) is 0 Å². The highest BCUT2D eigenvalue weighted by Gasteiger charge is 2.50. The molecular weight excluding hydrogens is 240 g/mol. The molecule has 5 nitrogen and oxygen atoms in total. The van der Waals surface area contributed by atoms with Gasteiger partial charge in [0.2, 0.25) is 5.89 Å². The Kier molecular flexibility index (Phi) is 2.59. The lowest BCUT2D eigenvalue weighted by molar-refractivity contribution is -0.00252. The van der Waals surface area contributed by atoms with Gasteiger partial charge in [-0.25, -0.2) is 0 Å². The Balaban J connectivity index is 1.58. The number of aromatic nitrogens is 2. The van der Waals surface area contributed by atoms with E-state index in [0.29, 0.717) is 24.5 Å². The lowest BCUT2D eigenvalue weighted by atomic mass is 9.54. The zero-order valence-corrected chi connectivity index (χ0v) is 11.5. The largest absolute Gasteiger partial charge is 0.407 e. The molecule has 0 radical (unpaired) electrons. The Morgan fingerprint density at radius 1 is 1.11 bits per heavy atom. The molecule has 1 aromatic heterocycles. The number of nitrogens with zero attached hydrogens (tertiary/aromatic N) is 3. The Morgan fingerprint density at radius 2 is 1.74 bits per heavy atom. The van der Waals surface area contributed by atoms with Crippen LogP contribution in [-0.4, -0.2) is 23.3 Å². The number of anilines is 1. The molecule has 0 unspecified atom stereocenters. The van der Waals surface area contributed by atoms with E-state index in [1.165, 1.54) is 32.1 Å². The number of nitrogens with two attached hydrogens (primary N) is 1. The van der Waals surface area contributed by atoms with E-state index in [4.69, 9.17) is 10.2 Å². The summed E-state index contributed by atoms with van der Waals surface area (Å²) in [5, 5.41) is 8.13. The van der Waals surface area contributed by atoms with Gasteiger partial charge in [0.1, 0.15) is 0 Å². The van der Waals surface area contributed by atoms with Crippen molar-refractivity contribution in [3.05, 3.63) is 5.89 Å². The number of hydrogen-bond acceptors (Lipinski definition) is 5. The van der Waals surface area contributed by atoms with Crippen molar-refractivity contribution in [3.8, 4) is 0 Å². The fourth-order valence-electron chi connectivity index (χ4n) is 5.13. The van der Waals surface area contributed by atoms with Crippen LogP contribution in [0.15, 0.2) is 4.42 Å². The van der Waals surface area contributed by atoms with Crippen LogP contribution in [0.5, 0.6) is 0 Å². The SMILES string of the molecule is CN(c1nnc(CN)o1)C1C2CC3CC(C2)CC1C3. The van der Waals surface area contributed by atoms with Gasteiger partial charge in [-0.05, 0) is 55.8 Å². The highest BCUT2D eigenvalue weighted by molar-refractivity contribution is 5.27. The molecule has 0 spiro atoms. The quantitative estimate of drug-likeness (QED) is 0.899. The highest BCUT2D eigenvalue weighted by atomic mass is 16.4. The Morgan fingerprint density at radius 3 is 2.26 bits per heavy atom. The fourth-order valence-corrected chi connectivity index (χ4v) is 5.13. The molecule has 0 aromatic carbocycles. The lowest BCUT2D eigenvalue weighted by Gasteiger charge is -2.56. The Bertz CT molecular complexity index is 444. The summed E-state index contributed by atoms with van der Waals surface area (Å²) in [5.41, 5.74) is 5.54. The second-order valence-corrected chi connectivity index (χ2v) is 6.71. The molecule has 0 amide bonds. The van der Waals surface area contributed by atoms with Crippen LogP contribution in [0, 0.1) is 23.7 Å². The van der Waals surface area contributed by atoms with E-state index in [9.17, 15) is 0 Å². The average molecular weight is 262 g/mol. The minimum atomic E-state index is 0.322. The van der Waals surface area contributed by atoms with Crippen LogP contribution in [0.25, 0.3) is 0 Å². The third kappa shape index (κ3) is 1.78. The van der Waals surface area contributed by atoms with Crippen LogP contribution in [0.2, 0.25) is 0 Å². The molecule has 5 heteroatoms. The summed E-state index contributed by atoms with van der Waals surface area (Å²) in [6, 6.07) is 1.25. The van der Waals surface area contributed by atoms with Gasteiger partial charge < -0.3 is 15.1 Å². The van der Waals surface area contributed by atoms with E-state index in [1.807, 2.05) is 0 Å². The summed E-state index contributed by atoms with van der Waals surface area (Å²) < 4.78 is 5.63. The third-order valence-corrected chi connectivity index (χ3v) is 5.56. The molecule has 0 aliphatic heterocycles. The van der Waals surface area contributed by atoms with Gasteiger partial charge >= 0.3 is 6.01 Å². The molecule has 4 fully saturated rings. The molecule has 0 atom stereocenters. The molecule has 1 heterocycles.